The normalized spacial score (nSPS) is 24.7. The molecule has 33 heavy (non-hydrogen) atoms. The molecule has 1 saturated heterocycles. The van der Waals surface area contributed by atoms with Gasteiger partial charge < -0.3 is 43.7 Å². The fraction of sp³-hybridized carbons (Fsp3) is 0.316. The summed E-state index contributed by atoms with van der Waals surface area (Å²) in [7, 11) is -5.34. The summed E-state index contributed by atoms with van der Waals surface area (Å²) >= 11 is 6.26. The summed E-state index contributed by atoms with van der Waals surface area (Å²) in [6.07, 6.45) is -8.19. The molecule has 1 fully saturated rings. The minimum absolute atomic E-state index is 0. The van der Waals surface area contributed by atoms with Gasteiger partial charge in [-0.15, -0.1) is 0 Å². The fourth-order valence-corrected chi connectivity index (χ4v) is 3.51. The number of rotatable bonds is 6. The number of hydrogen-bond acceptors (Lipinski definition) is 10. The molecule has 166 valence electrons. The van der Waals surface area contributed by atoms with Gasteiger partial charge in [0.1, 0.15) is 30.2 Å². The zero-order chi connectivity index (χ0) is 22.8. The molecule has 1 aliphatic rings. The standard InChI is InChI=1S/C19H19ClNO9P.2Na/c20-13-7-12(11-3-1-10(8-21)2-4-11)5-6-14(13)29-19-18(24)17(23)16(22)15(30-19)9-28-31(25,26)27;;/h1-7,15-19,22-24H,9H2,(H2,25,26,27);;/q;2*+1/p-2/t15-,16-,17+,18+,19+;;/m1../s1. The number of benzene rings is 2. The Bertz CT molecular complexity index is 1020. The van der Waals surface area contributed by atoms with Gasteiger partial charge in [-0.25, -0.2) is 0 Å². The molecular formula is C19H17ClNNa2O9P. The molecule has 14 heteroatoms. The second kappa shape index (κ2) is 13.3. The molecule has 0 bridgehead atoms. The molecule has 2 aromatic carbocycles. The van der Waals surface area contributed by atoms with Crippen molar-refractivity contribution in [2.24, 2.45) is 0 Å². The van der Waals surface area contributed by atoms with Crippen LogP contribution in [0.5, 0.6) is 5.75 Å². The van der Waals surface area contributed by atoms with Crippen molar-refractivity contribution in [3.63, 3.8) is 0 Å². The van der Waals surface area contributed by atoms with Gasteiger partial charge in [0.25, 0.3) is 0 Å². The molecule has 3 rings (SSSR count). The Morgan fingerprint density at radius 3 is 2.18 bits per heavy atom. The Morgan fingerprint density at radius 1 is 1.03 bits per heavy atom. The van der Waals surface area contributed by atoms with Gasteiger partial charge in [-0.3, -0.25) is 0 Å². The zero-order valence-corrected chi connectivity index (χ0v) is 23.3. The van der Waals surface area contributed by atoms with Crippen LogP contribution < -0.4 is 73.6 Å². The van der Waals surface area contributed by atoms with Crippen LogP contribution in [0.1, 0.15) is 5.56 Å². The van der Waals surface area contributed by atoms with Crippen LogP contribution in [0.2, 0.25) is 5.02 Å². The second-order valence-corrected chi connectivity index (χ2v) is 8.27. The molecule has 1 heterocycles. The minimum atomic E-state index is -5.34. The van der Waals surface area contributed by atoms with Crippen LogP contribution in [0.4, 0.5) is 0 Å². The summed E-state index contributed by atoms with van der Waals surface area (Å²) in [5.41, 5.74) is 2.01. The third kappa shape index (κ3) is 8.26. The molecule has 5 atom stereocenters. The number of ether oxygens (including phenoxy) is 2. The molecule has 0 amide bonds. The van der Waals surface area contributed by atoms with Gasteiger partial charge in [-0.1, -0.05) is 29.8 Å². The number of halogens is 1. The molecule has 0 unspecified atom stereocenters. The van der Waals surface area contributed by atoms with E-state index in [1.165, 1.54) is 6.07 Å². The Kier molecular flexibility index (Phi) is 12.5. The molecule has 0 aromatic heterocycles. The monoisotopic (exact) mass is 515 g/mol. The van der Waals surface area contributed by atoms with E-state index in [1.54, 1.807) is 36.4 Å². The largest absolute Gasteiger partial charge is 1.00 e. The summed E-state index contributed by atoms with van der Waals surface area (Å²) < 4.78 is 25.5. The van der Waals surface area contributed by atoms with Crippen LogP contribution in [0.25, 0.3) is 11.1 Å². The first-order valence-electron chi connectivity index (χ1n) is 8.92. The predicted molar refractivity (Wildman–Crippen MR) is 102 cm³/mol. The van der Waals surface area contributed by atoms with Crippen molar-refractivity contribution in [2.45, 2.75) is 30.7 Å². The number of phosphoric ester groups is 1. The van der Waals surface area contributed by atoms with Crippen LogP contribution in [0.15, 0.2) is 42.5 Å². The van der Waals surface area contributed by atoms with Gasteiger partial charge in [0.2, 0.25) is 6.29 Å². The average molecular weight is 516 g/mol. The SMILES string of the molecule is N#Cc1ccc(-c2ccc(O[C@H]3O[C@H](COP(=O)([O-])[O-])[C@@H](O)[C@H](O)[C@@H]3O)c(Cl)c2)cc1.[Na+].[Na+]. The third-order valence-electron chi connectivity index (χ3n) is 4.59. The topological polar surface area (TPSA) is 175 Å². The zero-order valence-electron chi connectivity index (χ0n) is 17.7. The maximum atomic E-state index is 10.7. The quantitative estimate of drug-likeness (QED) is 0.248. The van der Waals surface area contributed by atoms with Crippen molar-refractivity contribution in [1.29, 1.82) is 5.26 Å². The molecule has 10 nitrogen and oxygen atoms in total. The van der Waals surface area contributed by atoms with Crippen LogP contribution in [0, 0.1) is 11.3 Å². The maximum Gasteiger partial charge on any atom is 1.00 e. The van der Waals surface area contributed by atoms with Gasteiger partial charge in [-0.2, -0.15) is 5.26 Å². The molecule has 0 saturated carbocycles. The molecule has 0 aliphatic carbocycles. The molecule has 0 radical (unpaired) electrons. The first-order chi connectivity index (χ1) is 14.6. The van der Waals surface area contributed by atoms with E-state index >= 15 is 0 Å². The van der Waals surface area contributed by atoms with E-state index in [4.69, 9.17) is 26.3 Å². The van der Waals surface area contributed by atoms with Crippen molar-refractivity contribution < 1.29 is 103 Å². The summed E-state index contributed by atoms with van der Waals surface area (Å²) in [5, 5.41) is 39.1. The Hall–Kier alpha value is -0.0300. The Labute approximate surface area is 238 Å². The van der Waals surface area contributed by atoms with E-state index in [0.29, 0.717) is 5.56 Å². The van der Waals surface area contributed by atoms with Crippen molar-refractivity contribution >= 4 is 19.4 Å². The van der Waals surface area contributed by atoms with Gasteiger partial charge in [-0.05, 0) is 35.4 Å². The second-order valence-electron chi connectivity index (χ2n) is 6.71. The Balaban J connectivity index is 0.00000272. The number of aliphatic hydroxyl groups excluding tert-OH is 3. The molecule has 1 aliphatic heterocycles. The predicted octanol–water partition coefficient (Wildman–Crippen LogP) is -6.08. The van der Waals surface area contributed by atoms with Crippen LogP contribution in [0.3, 0.4) is 0 Å². The number of aliphatic hydroxyl groups is 3. The molecule has 3 N–H and O–H groups in total. The number of nitrogens with zero attached hydrogens (tertiary/aromatic N) is 1. The molecular weight excluding hydrogens is 499 g/mol. The van der Waals surface area contributed by atoms with Crippen LogP contribution >= 0.6 is 19.4 Å². The summed E-state index contributed by atoms with van der Waals surface area (Å²) in [4.78, 5) is 21.3. The number of hydrogen-bond donors (Lipinski definition) is 3. The summed E-state index contributed by atoms with van der Waals surface area (Å²) in [5.74, 6) is 0.0738. The van der Waals surface area contributed by atoms with Crippen molar-refractivity contribution in [1.82, 2.24) is 0 Å². The van der Waals surface area contributed by atoms with Crippen LogP contribution in [-0.2, 0) is 13.8 Å². The van der Waals surface area contributed by atoms with Gasteiger partial charge in [0.15, 0.2) is 0 Å². The van der Waals surface area contributed by atoms with Gasteiger partial charge in [0, 0.05) is 0 Å². The fourth-order valence-electron chi connectivity index (χ4n) is 2.95. The first kappa shape index (κ1) is 31.0. The van der Waals surface area contributed by atoms with E-state index in [2.05, 4.69) is 4.52 Å². The smallest absolute Gasteiger partial charge is 0.790 e. The Morgan fingerprint density at radius 2 is 1.64 bits per heavy atom. The molecule has 0 spiro atoms. The van der Waals surface area contributed by atoms with Crippen molar-refractivity contribution in [3.8, 4) is 22.9 Å². The molecule has 2 aromatic rings. The van der Waals surface area contributed by atoms with E-state index in [9.17, 15) is 29.7 Å². The number of nitriles is 1. The number of phosphoric acid groups is 1. The van der Waals surface area contributed by atoms with Gasteiger partial charge >= 0.3 is 59.1 Å². The summed E-state index contributed by atoms with van der Waals surface area (Å²) in [6, 6.07) is 13.5. The maximum absolute atomic E-state index is 10.7. The van der Waals surface area contributed by atoms with Crippen LogP contribution in [-0.4, -0.2) is 52.6 Å². The van der Waals surface area contributed by atoms with Gasteiger partial charge in [0.05, 0.1) is 31.1 Å². The average Bonchev–Trinajstić information content (AvgIpc) is 2.74. The first-order valence-corrected chi connectivity index (χ1v) is 10.8. The van der Waals surface area contributed by atoms with E-state index < -0.39 is 45.1 Å². The third-order valence-corrected chi connectivity index (χ3v) is 5.35. The van der Waals surface area contributed by atoms with Crippen molar-refractivity contribution in [3.05, 3.63) is 53.1 Å². The van der Waals surface area contributed by atoms with E-state index in [-0.39, 0.29) is 69.9 Å². The minimum Gasteiger partial charge on any atom is -0.790 e. The van der Waals surface area contributed by atoms with E-state index in [0.717, 1.165) is 11.1 Å². The summed E-state index contributed by atoms with van der Waals surface area (Å²) in [6.45, 7) is -0.875. The van der Waals surface area contributed by atoms with Crippen molar-refractivity contribution in [2.75, 3.05) is 6.61 Å². The van der Waals surface area contributed by atoms with E-state index in [1.807, 2.05) is 6.07 Å².